The highest BCUT2D eigenvalue weighted by Crippen LogP contribution is 2.30. The Balaban J connectivity index is 1.79. The van der Waals surface area contributed by atoms with Gasteiger partial charge in [0.25, 0.3) is 0 Å². The third-order valence-corrected chi connectivity index (χ3v) is 3.69. The first-order valence-electron chi connectivity index (χ1n) is 5.14. The number of likely N-dealkylation sites (tertiary alicyclic amines) is 1. The molecule has 0 radical (unpaired) electrons. The van der Waals surface area contributed by atoms with Crippen LogP contribution >= 0.6 is 11.6 Å². The van der Waals surface area contributed by atoms with Crippen LogP contribution in [0.3, 0.4) is 0 Å². The van der Waals surface area contributed by atoms with Crippen LogP contribution in [0.5, 0.6) is 0 Å². The van der Waals surface area contributed by atoms with Crippen LogP contribution in [0.1, 0.15) is 32.6 Å². The molecule has 1 aliphatic heterocycles. The van der Waals surface area contributed by atoms with E-state index in [4.69, 9.17) is 11.6 Å². The lowest BCUT2D eigenvalue weighted by molar-refractivity contribution is 0.173. The molecule has 70 valence electrons. The Morgan fingerprint density at radius 1 is 1.42 bits per heavy atom. The standard InChI is InChI=1S/C10H18ClN/c1-8-5-10(11)7-12(8)6-9-3-2-4-9/h8-10H,2-7H2,1H3. The van der Waals surface area contributed by atoms with E-state index in [1.54, 1.807) is 0 Å². The van der Waals surface area contributed by atoms with Gasteiger partial charge in [-0.1, -0.05) is 6.42 Å². The monoisotopic (exact) mass is 187 g/mol. The molecule has 0 N–H and O–H groups in total. The second-order valence-electron chi connectivity index (χ2n) is 4.43. The lowest BCUT2D eigenvalue weighted by Crippen LogP contribution is -2.35. The van der Waals surface area contributed by atoms with Crippen LogP contribution in [0.15, 0.2) is 0 Å². The van der Waals surface area contributed by atoms with Crippen molar-refractivity contribution in [1.29, 1.82) is 0 Å². The second kappa shape index (κ2) is 3.55. The fraction of sp³-hybridized carbons (Fsp3) is 1.00. The van der Waals surface area contributed by atoms with Gasteiger partial charge in [0.05, 0.1) is 0 Å². The summed E-state index contributed by atoms with van der Waals surface area (Å²) in [5, 5.41) is 0.417. The van der Waals surface area contributed by atoms with Crippen LogP contribution in [-0.4, -0.2) is 29.4 Å². The molecule has 1 saturated carbocycles. The van der Waals surface area contributed by atoms with E-state index in [1.807, 2.05) is 0 Å². The highest BCUT2D eigenvalue weighted by molar-refractivity contribution is 6.21. The Morgan fingerprint density at radius 2 is 2.17 bits per heavy atom. The van der Waals surface area contributed by atoms with E-state index < -0.39 is 0 Å². The van der Waals surface area contributed by atoms with Gasteiger partial charge in [-0.15, -0.1) is 11.6 Å². The lowest BCUT2D eigenvalue weighted by Gasteiger charge is -2.32. The first kappa shape index (κ1) is 8.83. The molecule has 0 aromatic rings. The third-order valence-electron chi connectivity index (χ3n) is 3.37. The topological polar surface area (TPSA) is 3.24 Å². The van der Waals surface area contributed by atoms with Crippen LogP contribution in [0.4, 0.5) is 0 Å². The van der Waals surface area contributed by atoms with Crippen LogP contribution in [-0.2, 0) is 0 Å². The zero-order valence-corrected chi connectivity index (χ0v) is 8.56. The Hall–Kier alpha value is 0.250. The molecule has 2 rings (SSSR count). The van der Waals surface area contributed by atoms with Crippen molar-refractivity contribution in [2.75, 3.05) is 13.1 Å². The van der Waals surface area contributed by atoms with Gasteiger partial charge >= 0.3 is 0 Å². The molecule has 0 aromatic carbocycles. The van der Waals surface area contributed by atoms with Crippen molar-refractivity contribution in [3.8, 4) is 0 Å². The van der Waals surface area contributed by atoms with Gasteiger partial charge in [0.15, 0.2) is 0 Å². The molecule has 0 spiro atoms. The van der Waals surface area contributed by atoms with Crippen LogP contribution < -0.4 is 0 Å². The molecular weight excluding hydrogens is 170 g/mol. The fourth-order valence-corrected chi connectivity index (χ4v) is 2.72. The Kier molecular flexibility index (Phi) is 2.61. The molecular formula is C10H18ClN. The molecule has 0 amide bonds. The minimum atomic E-state index is 0.417. The van der Waals surface area contributed by atoms with Gasteiger partial charge in [-0.25, -0.2) is 0 Å². The van der Waals surface area contributed by atoms with E-state index in [-0.39, 0.29) is 0 Å². The Morgan fingerprint density at radius 3 is 2.58 bits per heavy atom. The van der Waals surface area contributed by atoms with Crippen molar-refractivity contribution in [3.63, 3.8) is 0 Å². The van der Waals surface area contributed by atoms with E-state index in [9.17, 15) is 0 Å². The second-order valence-corrected chi connectivity index (χ2v) is 5.05. The van der Waals surface area contributed by atoms with E-state index in [1.165, 1.54) is 32.2 Å². The number of alkyl halides is 1. The first-order valence-corrected chi connectivity index (χ1v) is 5.57. The van der Waals surface area contributed by atoms with E-state index in [2.05, 4.69) is 11.8 Å². The summed E-state index contributed by atoms with van der Waals surface area (Å²) in [5.41, 5.74) is 0. The molecule has 2 heteroatoms. The van der Waals surface area contributed by atoms with Crippen LogP contribution in [0.25, 0.3) is 0 Å². The minimum Gasteiger partial charge on any atom is -0.299 e. The first-order chi connectivity index (χ1) is 5.75. The predicted molar refractivity (Wildman–Crippen MR) is 52.6 cm³/mol. The third kappa shape index (κ3) is 1.77. The van der Waals surface area contributed by atoms with Gasteiger partial charge in [0.2, 0.25) is 0 Å². The average Bonchev–Trinajstić information content (AvgIpc) is 2.21. The molecule has 1 nitrogen and oxygen atoms in total. The highest BCUT2D eigenvalue weighted by atomic mass is 35.5. The summed E-state index contributed by atoms with van der Waals surface area (Å²) >= 11 is 6.10. The van der Waals surface area contributed by atoms with Gasteiger partial charge in [-0.2, -0.15) is 0 Å². The predicted octanol–water partition coefficient (Wildman–Crippen LogP) is 2.49. The Labute approximate surface area is 80.1 Å². The molecule has 1 saturated heterocycles. The smallest absolute Gasteiger partial charge is 0.0478 e. The maximum Gasteiger partial charge on any atom is 0.0478 e. The Bertz CT molecular complexity index is 156. The molecule has 0 aromatic heterocycles. The molecule has 2 fully saturated rings. The molecule has 1 heterocycles. The number of halogens is 1. The normalized spacial score (nSPS) is 38.5. The van der Waals surface area contributed by atoms with Crippen LogP contribution in [0, 0.1) is 5.92 Å². The summed E-state index contributed by atoms with van der Waals surface area (Å²) in [4.78, 5) is 2.57. The summed E-state index contributed by atoms with van der Waals surface area (Å²) in [5.74, 6) is 0.995. The maximum absolute atomic E-state index is 6.10. The molecule has 2 atom stereocenters. The highest BCUT2D eigenvalue weighted by Gasteiger charge is 2.30. The molecule has 12 heavy (non-hydrogen) atoms. The van der Waals surface area contributed by atoms with E-state index in [0.29, 0.717) is 5.38 Å². The van der Waals surface area contributed by atoms with Gasteiger partial charge in [0.1, 0.15) is 0 Å². The number of hydrogen-bond donors (Lipinski definition) is 0. The number of rotatable bonds is 2. The minimum absolute atomic E-state index is 0.417. The SMILES string of the molecule is CC1CC(Cl)CN1CC1CCC1. The quantitative estimate of drug-likeness (QED) is 0.601. The summed E-state index contributed by atoms with van der Waals surface area (Å²) in [7, 11) is 0. The zero-order valence-electron chi connectivity index (χ0n) is 7.80. The van der Waals surface area contributed by atoms with Crippen molar-refractivity contribution in [1.82, 2.24) is 4.90 Å². The summed E-state index contributed by atoms with van der Waals surface area (Å²) < 4.78 is 0. The van der Waals surface area contributed by atoms with Gasteiger partial charge in [-0.05, 0) is 32.1 Å². The molecule has 0 bridgehead atoms. The largest absolute Gasteiger partial charge is 0.299 e. The molecule has 2 unspecified atom stereocenters. The van der Waals surface area contributed by atoms with Crippen molar-refractivity contribution in [2.24, 2.45) is 5.92 Å². The van der Waals surface area contributed by atoms with Crippen molar-refractivity contribution >= 4 is 11.6 Å². The van der Waals surface area contributed by atoms with Gasteiger partial charge in [-0.3, -0.25) is 4.90 Å². The van der Waals surface area contributed by atoms with Gasteiger partial charge < -0.3 is 0 Å². The van der Waals surface area contributed by atoms with Crippen LogP contribution in [0.2, 0.25) is 0 Å². The maximum atomic E-state index is 6.10. The van der Waals surface area contributed by atoms with E-state index >= 15 is 0 Å². The lowest BCUT2D eigenvalue weighted by atomic mass is 9.85. The zero-order chi connectivity index (χ0) is 8.55. The fourth-order valence-electron chi connectivity index (χ4n) is 2.29. The summed E-state index contributed by atoms with van der Waals surface area (Å²) in [6.45, 7) is 4.74. The van der Waals surface area contributed by atoms with Crippen molar-refractivity contribution < 1.29 is 0 Å². The number of nitrogens with zero attached hydrogens (tertiary/aromatic N) is 1. The van der Waals surface area contributed by atoms with Crippen molar-refractivity contribution in [2.45, 2.75) is 44.0 Å². The summed E-state index contributed by atoms with van der Waals surface area (Å²) in [6.07, 6.45) is 5.55. The molecule has 2 aliphatic rings. The molecule has 1 aliphatic carbocycles. The number of hydrogen-bond acceptors (Lipinski definition) is 1. The average molecular weight is 188 g/mol. The van der Waals surface area contributed by atoms with E-state index in [0.717, 1.165) is 18.5 Å². The van der Waals surface area contributed by atoms with Gasteiger partial charge in [0, 0.05) is 24.5 Å². The van der Waals surface area contributed by atoms with Crippen molar-refractivity contribution in [3.05, 3.63) is 0 Å². The summed E-state index contributed by atoms with van der Waals surface area (Å²) in [6, 6.07) is 0.730.